The molecule has 50 valence electrons. The quantitative estimate of drug-likeness (QED) is 0.447. The molecule has 1 nitrogen and oxygen atoms in total. The normalized spacial score (nSPS) is 71.8. The standard InChI is InChI=1S/C9H8O/c10-9-4-2-1-3-5(4)7-6(3)8(7)9/h1-8H/t3-,4+,5-,6-,7+,8-/m1/s1. The van der Waals surface area contributed by atoms with Crippen molar-refractivity contribution < 1.29 is 4.79 Å². The van der Waals surface area contributed by atoms with E-state index in [-0.39, 0.29) is 0 Å². The average molecular weight is 132 g/mol. The van der Waals surface area contributed by atoms with Crippen LogP contribution in [0.2, 0.25) is 0 Å². The van der Waals surface area contributed by atoms with Crippen molar-refractivity contribution in [3.63, 3.8) is 0 Å². The van der Waals surface area contributed by atoms with Gasteiger partial charge in [-0.3, -0.25) is 4.79 Å². The molecule has 4 rings (SSSR count). The first-order valence-electron chi connectivity index (χ1n) is 4.11. The SMILES string of the molecule is O=C1[C@H]2[C@@H]3[C@H]2[C@@H]2C=C[C@H]1[C@@H]23. The summed E-state index contributed by atoms with van der Waals surface area (Å²) in [5.74, 6) is 4.81. The van der Waals surface area contributed by atoms with Crippen LogP contribution in [0, 0.1) is 35.5 Å². The van der Waals surface area contributed by atoms with Crippen LogP contribution >= 0.6 is 0 Å². The fourth-order valence-corrected chi connectivity index (χ4v) is 3.72. The van der Waals surface area contributed by atoms with Gasteiger partial charge >= 0.3 is 0 Å². The number of hydrogen-bond acceptors (Lipinski definition) is 1. The van der Waals surface area contributed by atoms with Gasteiger partial charge in [-0.15, -0.1) is 0 Å². The molecule has 10 heavy (non-hydrogen) atoms. The van der Waals surface area contributed by atoms with Gasteiger partial charge in [0.05, 0.1) is 0 Å². The lowest BCUT2D eigenvalue weighted by Gasteiger charge is -2.32. The topological polar surface area (TPSA) is 17.1 Å². The molecule has 6 atom stereocenters. The number of hydrogen-bond donors (Lipinski definition) is 0. The number of rotatable bonds is 0. The first kappa shape index (κ1) is 4.32. The molecule has 0 heterocycles. The van der Waals surface area contributed by atoms with E-state index in [1.54, 1.807) is 0 Å². The Morgan fingerprint density at radius 1 is 1.10 bits per heavy atom. The van der Waals surface area contributed by atoms with E-state index >= 15 is 0 Å². The average Bonchev–Trinajstić information content (AvgIpc) is 2.36. The highest BCUT2D eigenvalue weighted by Gasteiger charge is 2.79. The highest BCUT2D eigenvalue weighted by Crippen LogP contribution is 2.78. The third-order valence-electron chi connectivity index (χ3n) is 4.08. The van der Waals surface area contributed by atoms with E-state index in [9.17, 15) is 4.79 Å². The molecule has 0 spiro atoms. The van der Waals surface area contributed by atoms with Crippen molar-refractivity contribution >= 4 is 5.78 Å². The number of fused-ring (bicyclic) bond motifs is 2. The fraction of sp³-hybridized carbons (Fsp3) is 0.667. The lowest BCUT2D eigenvalue weighted by atomic mass is 9.71. The molecule has 0 aromatic rings. The third kappa shape index (κ3) is 0.206. The van der Waals surface area contributed by atoms with Crippen molar-refractivity contribution in [2.24, 2.45) is 35.5 Å². The summed E-state index contributed by atoms with van der Waals surface area (Å²) in [6, 6.07) is 0. The summed E-state index contributed by atoms with van der Waals surface area (Å²) >= 11 is 0. The largest absolute Gasteiger partial charge is 0.299 e. The summed E-state index contributed by atoms with van der Waals surface area (Å²) in [6.07, 6.45) is 4.46. The van der Waals surface area contributed by atoms with Crippen LogP contribution in [0.15, 0.2) is 12.2 Å². The Morgan fingerprint density at radius 3 is 2.70 bits per heavy atom. The minimum atomic E-state index is 0.380. The van der Waals surface area contributed by atoms with Crippen molar-refractivity contribution in [3.8, 4) is 0 Å². The number of ketones is 1. The molecule has 3 saturated carbocycles. The Balaban J connectivity index is 2.02. The van der Waals surface area contributed by atoms with E-state index in [0.29, 0.717) is 17.6 Å². The predicted octanol–water partition coefficient (Wildman–Crippen LogP) is 0.863. The monoisotopic (exact) mass is 132 g/mol. The molecule has 0 amide bonds. The smallest absolute Gasteiger partial charge is 0.143 e. The van der Waals surface area contributed by atoms with Gasteiger partial charge in [0.1, 0.15) is 5.78 Å². The minimum absolute atomic E-state index is 0.380. The summed E-state index contributed by atoms with van der Waals surface area (Å²) in [4.78, 5) is 11.4. The first-order chi connectivity index (χ1) is 4.89. The highest BCUT2D eigenvalue weighted by atomic mass is 16.1. The van der Waals surface area contributed by atoms with Crippen molar-refractivity contribution in [2.75, 3.05) is 0 Å². The molecule has 0 radical (unpaired) electrons. The number of carbonyl (C=O) groups excluding carboxylic acids is 1. The first-order valence-corrected chi connectivity index (χ1v) is 4.11. The molecule has 4 aliphatic carbocycles. The van der Waals surface area contributed by atoms with E-state index in [4.69, 9.17) is 0 Å². The second kappa shape index (κ2) is 0.919. The van der Waals surface area contributed by atoms with E-state index in [1.165, 1.54) is 0 Å². The van der Waals surface area contributed by atoms with E-state index in [1.807, 2.05) is 0 Å². The van der Waals surface area contributed by atoms with E-state index in [0.717, 1.165) is 23.7 Å². The summed E-state index contributed by atoms with van der Waals surface area (Å²) in [7, 11) is 0. The van der Waals surface area contributed by atoms with Crippen LogP contribution in [0.1, 0.15) is 0 Å². The Kier molecular flexibility index (Phi) is 0.397. The molecule has 0 unspecified atom stereocenters. The highest BCUT2D eigenvalue weighted by molar-refractivity contribution is 5.94. The van der Waals surface area contributed by atoms with Crippen LogP contribution in [0.25, 0.3) is 0 Å². The second-order valence-electron chi connectivity index (χ2n) is 4.15. The molecule has 0 bridgehead atoms. The third-order valence-corrected chi connectivity index (χ3v) is 4.08. The number of allylic oxidation sites excluding steroid dienone is 2. The Hall–Kier alpha value is -0.590. The molecule has 0 saturated heterocycles. The Bertz CT molecular complexity index is 278. The zero-order chi connectivity index (χ0) is 6.46. The van der Waals surface area contributed by atoms with Gasteiger partial charge in [0.15, 0.2) is 0 Å². The fourth-order valence-electron chi connectivity index (χ4n) is 3.72. The summed E-state index contributed by atoms with van der Waals surface area (Å²) in [5.41, 5.74) is 0. The van der Waals surface area contributed by atoms with E-state index < -0.39 is 0 Å². The zero-order valence-electron chi connectivity index (χ0n) is 5.53. The molecule has 0 aromatic carbocycles. The summed E-state index contributed by atoms with van der Waals surface area (Å²) in [6.45, 7) is 0. The van der Waals surface area contributed by atoms with Gasteiger partial charge in [-0.25, -0.2) is 0 Å². The van der Waals surface area contributed by atoms with Crippen LogP contribution in [-0.2, 0) is 4.79 Å². The molecule has 1 heteroatoms. The van der Waals surface area contributed by atoms with E-state index in [2.05, 4.69) is 12.2 Å². The maximum absolute atomic E-state index is 11.4. The molecule has 3 fully saturated rings. The van der Waals surface area contributed by atoms with Crippen molar-refractivity contribution in [1.29, 1.82) is 0 Å². The summed E-state index contributed by atoms with van der Waals surface area (Å²) in [5, 5.41) is 0. The van der Waals surface area contributed by atoms with Crippen molar-refractivity contribution in [2.45, 2.75) is 0 Å². The zero-order valence-corrected chi connectivity index (χ0v) is 5.53. The Morgan fingerprint density at radius 2 is 2.00 bits per heavy atom. The lowest BCUT2D eigenvalue weighted by molar-refractivity contribution is -0.124. The predicted molar refractivity (Wildman–Crippen MR) is 35.1 cm³/mol. The van der Waals surface area contributed by atoms with Crippen LogP contribution < -0.4 is 0 Å². The molecule has 0 N–H and O–H groups in total. The van der Waals surface area contributed by atoms with Gasteiger partial charge in [0.2, 0.25) is 0 Å². The van der Waals surface area contributed by atoms with Crippen molar-refractivity contribution in [1.82, 2.24) is 0 Å². The van der Waals surface area contributed by atoms with Crippen LogP contribution in [0.3, 0.4) is 0 Å². The second-order valence-corrected chi connectivity index (χ2v) is 4.15. The molecule has 4 aliphatic rings. The minimum Gasteiger partial charge on any atom is -0.299 e. The number of Topliss-reactive ketones (excluding diaryl/α,β-unsaturated/α-hetero) is 1. The molecule has 0 aromatic heterocycles. The van der Waals surface area contributed by atoms with Crippen LogP contribution in [0.5, 0.6) is 0 Å². The van der Waals surface area contributed by atoms with Gasteiger partial charge in [0, 0.05) is 11.8 Å². The number of carbonyl (C=O) groups is 1. The summed E-state index contributed by atoms with van der Waals surface area (Å²) < 4.78 is 0. The Labute approximate surface area is 59.1 Å². The van der Waals surface area contributed by atoms with Crippen molar-refractivity contribution in [3.05, 3.63) is 12.2 Å². The van der Waals surface area contributed by atoms with Crippen LogP contribution in [0.4, 0.5) is 0 Å². The molecular weight excluding hydrogens is 124 g/mol. The lowest BCUT2D eigenvalue weighted by Crippen LogP contribution is -2.33. The van der Waals surface area contributed by atoms with Gasteiger partial charge in [0.25, 0.3) is 0 Å². The maximum Gasteiger partial charge on any atom is 0.143 e. The molecule has 0 aliphatic heterocycles. The van der Waals surface area contributed by atoms with Gasteiger partial charge in [-0.05, 0) is 23.7 Å². The van der Waals surface area contributed by atoms with Gasteiger partial charge in [-0.2, -0.15) is 0 Å². The van der Waals surface area contributed by atoms with Gasteiger partial charge < -0.3 is 0 Å². The maximum atomic E-state index is 11.4. The molecular formula is C9H8O. The van der Waals surface area contributed by atoms with Crippen LogP contribution in [-0.4, -0.2) is 5.78 Å². The van der Waals surface area contributed by atoms with Gasteiger partial charge in [-0.1, -0.05) is 12.2 Å².